The van der Waals surface area contributed by atoms with E-state index in [1.54, 1.807) is 13.8 Å². The molecule has 124 valence electrons. The zero-order chi connectivity index (χ0) is 16.4. The molecule has 0 aromatic heterocycles. The van der Waals surface area contributed by atoms with E-state index in [0.29, 0.717) is 26.2 Å². The lowest BCUT2D eigenvalue weighted by Gasteiger charge is -2.23. The van der Waals surface area contributed by atoms with E-state index >= 15 is 0 Å². The summed E-state index contributed by atoms with van der Waals surface area (Å²) in [5, 5.41) is 0. The molecule has 0 amide bonds. The van der Waals surface area contributed by atoms with E-state index in [4.69, 9.17) is 14.2 Å². The second-order valence-electron chi connectivity index (χ2n) is 5.86. The Hall–Kier alpha value is -1.39. The highest BCUT2D eigenvalue weighted by Crippen LogP contribution is 2.15. The van der Waals surface area contributed by atoms with Crippen molar-refractivity contribution in [1.82, 2.24) is 0 Å². The monoisotopic (exact) mass is 308 g/mol. The van der Waals surface area contributed by atoms with Gasteiger partial charge in [0.05, 0.1) is 25.9 Å². The second-order valence-corrected chi connectivity index (χ2v) is 5.86. The van der Waals surface area contributed by atoms with Gasteiger partial charge in [-0.05, 0) is 32.8 Å². The van der Waals surface area contributed by atoms with E-state index in [-0.39, 0.29) is 12.1 Å². The summed E-state index contributed by atoms with van der Waals surface area (Å²) in [6.07, 6.45) is 1.94. The standard InChI is InChI=1S/C18H28O4/c1-5-15(2)20-12-9-13-21-17(19)18(3,4)22-14-16-10-7-6-8-11-16/h6-8,10-11,15H,5,9,12-14H2,1-4H3. The normalized spacial score (nSPS) is 12.9. The van der Waals surface area contributed by atoms with Gasteiger partial charge in [0.2, 0.25) is 0 Å². The van der Waals surface area contributed by atoms with Gasteiger partial charge >= 0.3 is 5.97 Å². The number of carbonyl (C=O) groups is 1. The zero-order valence-electron chi connectivity index (χ0n) is 14.1. The average Bonchev–Trinajstić information content (AvgIpc) is 2.53. The quantitative estimate of drug-likeness (QED) is 0.488. The van der Waals surface area contributed by atoms with E-state index in [1.165, 1.54) is 0 Å². The van der Waals surface area contributed by atoms with Crippen molar-refractivity contribution >= 4 is 5.97 Å². The molecule has 1 rings (SSSR count). The first-order valence-corrected chi connectivity index (χ1v) is 7.92. The van der Waals surface area contributed by atoms with Crippen LogP contribution in [0.5, 0.6) is 0 Å². The topological polar surface area (TPSA) is 44.8 Å². The van der Waals surface area contributed by atoms with Gasteiger partial charge in [-0.3, -0.25) is 0 Å². The Morgan fingerprint density at radius 3 is 2.50 bits per heavy atom. The fourth-order valence-corrected chi connectivity index (χ4v) is 1.70. The molecule has 4 nitrogen and oxygen atoms in total. The minimum absolute atomic E-state index is 0.251. The highest BCUT2D eigenvalue weighted by atomic mass is 16.6. The maximum absolute atomic E-state index is 12.1. The molecule has 0 saturated carbocycles. The van der Waals surface area contributed by atoms with Crippen molar-refractivity contribution in [2.75, 3.05) is 13.2 Å². The molecule has 0 aliphatic carbocycles. The lowest BCUT2D eigenvalue weighted by atomic mass is 10.1. The first-order valence-electron chi connectivity index (χ1n) is 7.92. The molecule has 4 heteroatoms. The molecular formula is C18H28O4. The van der Waals surface area contributed by atoms with Gasteiger partial charge in [0.1, 0.15) is 0 Å². The molecule has 0 radical (unpaired) electrons. The molecule has 1 aromatic carbocycles. The number of hydrogen-bond acceptors (Lipinski definition) is 4. The Balaban J connectivity index is 2.24. The van der Waals surface area contributed by atoms with Crippen LogP contribution in [0.1, 0.15) is 46.1 Å². The Morgan fingerprint density at radius 2 is 1.86 bits per heavy atom. The molecule has 0 heterocycles. The third-order valence-corrected chi connectivity index (χ3v) is 3.43. The van der Waals surface area contributed by atoms with Crippen molar-refractivity contribution in [2.45, 2.75) is 58.8 Å². The van der Waals surface area contributed by atoms with Crippen molar-refractivity contribution in [1.29, 1.82) is 0 Å². The summed E-state index contributed by atoms with van der Waals surface area (Å²) < 4.78 is 16.5. The molecule has 0 N–H and O–H groups in total. The molecule has 0 spiro atoms. The summed E-state index contributed by atoms with van der Waals surface area (Å²) in [6, 6.07) is 9.77. The second kappa shape index (κ2) is 9.59. The average molecular weight is 308 g/mol. The van der Waals surface area contributed by atoms with Crippen LogP contribution in [0, 0.1) is 0 Å². The molecule has 1 aromatic rings. The van der Waals surface area contributed by atoms with E-state index < -0.39 is 5.60 Å². The molecule has 0 saturated heterocycles. The fraction of sp³-hybridized carbons (Fsp3) is 0.611. The minimum atomic E-state index is -0.951. The van der Waals surface area contributed by atoms with Crippen LogP contribution < -0.4 is 0 Å². The Bertz CT molecular complexity index is 428. The fourth-order valence-electron chi connectivity index (χ4n) is 1.70. The molecular weight excluding hydrogens is 280 g/mol. The Labute approximate surface area is 133 Å². The van der Waals surface area contributed by atoms with E-state index in [1.807, 2.05) is 37.3 Å². The summed E-state index contributed by atoms with van der Waals surface area (Å²) in [4.78, 5) is 12.1. The van der Waals surface area contributed by atoms with Gasteiger partial charge in [-0.15, -0.1) is 0 Å². The Morgan fingerprint density at radius 1 is 1.18 bits per heavy atom. The van der Waals surface area contributed by atoms with Crippen molar-refractivity contribution in [3.05, 3.63) is 35.9 Å². The summed E-state index contributed by atoms with van der Waals surface area (Å²) in [5.41, 5.74) is 0.0817. The van der Waals surface area contributed by atoms with E-state index in [0.717, 1.165) is 12.0 Å². The van der Waals surface area contributed by atoms with Crippen LogP contribution >= 0.6 is 0 Å². The van der Waals surface area contributed by atoms with Gasteiger partial charge in [0, 0.05) is 6.42 Å². The van der Waals surface area contributed by atoms with Crippen molar-refractivity contribution < 1.29 is 19.0 Å². The van der Waals surface area contributed by atoms with Crippen molar-refractivity contribution in [3.63, 3.8) is 0 Å². The molecule has 0 aliphatic heterocycles. The van der Waals surface area contributed by atoms with Gasteiger partial charge in [0.25, 0.3) is 0 Å². The largest absolute Gasteiger partial charge is 0.463 e. The number of ether oxygens (including phenoxy) is 3. The molecule has 0 bridgehead atoms. The molecule has 1 atom stereocenters. The van der Waals surface area contributed by atoms with Crippen LogP contribution in [0.2, 0.25) is 0 Å². The van der Waals surface area contributed by atoms with E-state index in [9.17, 15) is 4.79 Å². The van der Waals surface area contributed by atoms with Gasteiger partial charge in [-0.25, -0.2) is 4.79 Å². The number of esters is 1. The molecule has 22 heavy (non-hydrogen) atoms. The third-order valence-electron chi connectivity index (χ3n) is 3.43. The number of carbonyl (C=O) groups excluding carboxylic acids is 1. The smallest absolute Gasteiger partial charge is 0.337 e. The number of rotatable bonds is 10. The predicted molar refractivity (Wildman–Crippen MR) is 86.6 cm³/mol. The van der Waals surface area contributed by atoms with Crippen LogP contribution in [-0.2, 0) is 25.6 Å². The SMILES string of the molecule is CCC(C)OCCCOC(=O)C(C)(C)OCc1ccccc1. The van der Waals surface area contributed by atoms with Crippen LogP contribution in [0.15, 0.2) is 30.3 Å². The molecule has 0 aliphatic rings. The van der Waals surface area contributed by atoms with Crippen LogP contribution in [0.3, 0.4) is 0 Å². The maximum atomic E-state index is 12.1. The third kappa shape index (κ3) is 7.05. The summed E-state index contributed by atoms with van der Waals surface area (Å²) in [7, 11) is 0. The van der Waals surface area contributed by atoms with Gasteiger partial charge in [-0.1, -0.05) is 37.3 Å². The van der Waals surface area contributed by atoms with Crippen LogP contribution in [-0.4, -0.2) is 30.9 Å². The lowest BCUT2D eigenvalue weighted by molar-refractivity contribution is -0.170. The first-order chi connectivity index (χ1) is 10.5. The highest BCUT2D eigenvalue weighted by molar-refractivity contribution is 5.78. The Kier molecular flexibility index (Phi) is 8.13. The van der Waals surface area contributed by atoms with Gasteiger partial charge in [0.15, 0.2) is 5.60 Å². The van der Waals surface area contributed by atoms with Crippen molar-refractivity contribution in [2.24, 2.45) is 0 Å². The van der Waals surface area contributed by atoms with E-state index in [2.05, 4.69) is 6.92 Å². The van der Waals surface area contributed by atoms with Crippen LogP contribution in [0.4, 0.5) is 0 Å². The molecule has 0 fully saturated rings. The number of hydrogen-bond donors (Lipinski definition) is 0. The summed E-state index contributed by atoms with van der Waals surface area (Å²) >= 11 is 0. The minimum Gasteiger partial charge on any atom is -0.463 e. The summed E-state index contributed by atoms with van der Waals surface area (Å²) in [6.45, 7) is 8.92. The van der Waals surface area contributed by atoms with Crippen molar-refractivity contribution in [3.8, 4) is 0 Å². The van der Waals surface area contributed by atoms with Gasteiger partial charge < -0.3 is 14.2 Å². The lowest BCUT2D eigenvalue weighted by Crippen LogP contribution is -2.36. The van der Waals surface area contributed by atoms with Gasteiger partial charge in [-0.2, -0.15) is 0 Å². The zero-order valence-corrected chi connectivity index (χ0v) is 14.1. The summed E-state index contributed by atoms with van der Waals surface area (Å²) in [5.74, 6) is -0.341. The highest BCUT2D eigenvalue weighted by Gasteiger charge is 2.30. The predicted octanol–water partition coefficient (Wildman–Crippen LogP) is 3.73. The molecule has 1 unspecified atom stereocenters. The van der Waals surface area contributed by atoms with Crippen LogP contribution in [0.25, 0.3) is 0 Å². The maximum Gasteiger partial charge on any atom is 0.337 e. The first kappa shape index (κ1) is 18.7. The number of benzene rings is 1.